The van der Waals surface area contributed by atoms with Crippen molar-refractivity contribution in [3.63, 3.8) is 0 Å². The molecular formula is C23H22N2O4. The Kier molecular flexibility index (Phi) is 5.18. The van der Waals surface area contributed by atoms with E-state index in [1.807, 2.05) is 25.1 Å². The maximum atomic E-state index is 12.5. The maximum absolute atomic E-state index is 12.5. The van der Waals surface area contributed by atoms with Crippen LogP contribution in [0, 0.1) is 0 Å². The van der Waals surface area contributed by atoms with E-state index in [-0.39, 0.29) is 31.1 Å². The number of anilines is 1. The summed E-state index contributed by atoms with van der Waals surface area (Å²) in [6.45, 7) is 3.69. The fourth-order valence-electron chi connectivity index (χ4n) is 3.51. The molecule has 0 spiro atoms. The summed E-state index contributed by atoms with van der Waals surface area (Å²) < 4.78 is 10.7. The second kappa shape index (κ2) is 7.93. The molecule has 4 rings (SSSR count). The molecule has 1 aliphatic rings. The first-order chi connectivity index (χ1) is 14.0. The summed E-state index contributed by atoms with van der Waals surface area (Å²) in [6, 6.07) is 17.5. The summed E-state index contributed by atoms with van der Waals surface area (Å²) in [5, 5.41) is 8.39. The second-order valence-corrected chi connectivity index (χ2v) is 7.03. The lowest BCUT2D eigenvalue weighted by atomic mass is 10.00. The topological polar surface area (TPSA) is 76.7 Å². The van der Waals surface area contributed by atoms with Crippen molar-refractivity contribution in [2.24, 2.45) is 0 Å². The average molecular weight is 390 g/mol. The third kappa shape index (κ3) is 3.93. The van der Waals surface area contributed by atoms with Crippen molar-refractivity contribution in [1.29, 1.82) is 0 Å². The Balaban J connectivity index is 1.46. The molecule has 0 fully saturated rings. The van der Waals surface area contributed by atoms with Gasteiger partial charge in [0.25, 0.3) is 0 Å². The number of hydrogen-bond donors (Lipinski definition) is 2. The van der Waals surface area contributed by atoms with Crippen LogP contribution in [-0.2, 0) is 4.79 Å². The van der Waals surface area contributed by atoms with E-state index < -0.39 is 0 Å². The summed E-state index contributed by atoms with van der Waals surface area (Å²) in [5.74, 6) is 0.632. The van der Waals surface area contributed by atoms with Crippen molar-refractivity contribution in [2.75, 3.05) is 18.7 Å². The Morgan fingerprint density at radius 1 is 1.03 bits per heavy atom. The van der Waals surface area contributed by atoms with Crippen molar-refractivity contribution >= 4 is 28.2 Å². The number of hydrogen-bond acceptors (Lipinski definition) is 5. The van der Waals surface area contributed by atoms with Crippen LogP contribution in [0.1, 0.15) is 35.8 Å². The molecule has 1 aliphatic heterocycles. The van der Waals surface area contributed by atoms with Gasteiger partial charge in [-0.1, -0.05) is 42.5 Å². The number of amides is 1. The van der Waals surface area contributed by atoms with E-state index in [1.165, 1.54) is 6.92 Å². The molecule has 0 unspecified atom stereocenters. The summed E-state index contributed by atoms with van der Waals surface area (Å²) >= 11 is 0. The lowest BCUT2D eigenvalue weighted by molar-refractivity contribution is -0.115. The van der Waals surface area contributed by atoms with Gasteiger partial charge < -0.3 is 20.1 Å². The molecule has 3 aromatic rings. The van der Waals surface area contributed by atoms with Crippen LogP contribution in [0.3, 0.4) is 0 Å². The van der Waals surface area contributed by atoms with Gasteiger partial charge >= 0.3 is 0 Å². The summed E-state index contributed by atoms with van der Waals surface area (Å²) in [5.41, 5.74) is 1.94. The molecule has 29 heavy (non-hydrogen) atoms. The van der Waals surface area contributed by atoms with Gasteiger partial charge in [0.05, 0.1) is 12.2 Å². The number of ether oxygens (including phenoxy) is 2. The Morgan fingerprint density at radius 3 is 2.55 bits per heavy atom. The van der Waals surface area contributed by atoms with Gasteiger partial charge in [-0.3, -0.25) is 9.59 Å². The van der Waals surface area contributed by atoms with Crippen molar-refractivity contribution in [3.05, 3.63) is 65.7 Å². The van der Waals surface area contributed by atoms with E-state index in [9.17, 15) is 9.59 Å². The zero-order valence-electron chi connectivity index (χ0n) is 16.3. The Morgan fingerprint density at radius 2 is 1.76 bits per heavy atom. The Hall–Kier alpha value is -3.38. The van der Waals surface area contributed by atoms with Crippen LogP contribution >= 0.6 is 0 Å². The number of rotatable bonds is 6. The molecule has 1 heterocycles. The largest absolute Gasteiger partial charge is 0.454 e. The van der Waals surface area contributed by atoms with E-state index in [0.29, 0.717) is 22.7 Å². The van der Waals surface area contributed by atoms with Crippen LogP contribution in [0.5, 0.6) is 11.5 Å². The number of benzene rings is 3. The van der Waals surface area contributed by atoms with Gasteiger partial charge in [-0.25, -0.2) is 0 Å². The molecular weight excluding hydrogens is 368 g/mol. The number of ketones is 1. The first kappa shape index (κ1) is 19.0. The van der Waals surface area contributed by atoms with Crippen molar-refractivity contribution in [2.45, 2.75) is 19.9 Å². The number of carbonyl (C=O) groups is 2. The molecule has 6 nitrogen and oxygen atoms in total. The molecule has 1 atom stereocenters. The predicted molar refractivity (Wildman–Crippen MR) is 112 cm³/mol. The van der Waals surface area contributed by atoms with Crippen LogP contribution in [0.15, 0.2) is 54.6 Å². The zero-order valence-corrected chi connectivity index (χ0v) is 16.3. The van der Waals surface area contributed by atoms with Crippen LogP contribution in [0.2, 0.25) is 0 Å². The molecule has 6 heteroatoms. The highest BCUT2D eigenvalue weighted by molar-refractivity contribution is 6.05. The van der Waals surface area contributed by atoms with Gasteiger partial charge in [0, 0.05) is 17.7 Å². The average Bonchev–Trinajstić information content (AvgIpc) is 3.18. The van der Waals surface area contributed by atoms with Crippen molar-refractivity contribution in [1.82, 2.24) is 5.32 Å². The van der Waals surface area contributed by atoms with E-state index in [0.717, 1.165) is 16.3 Å². The van der Waals surface area contributed by atoms with Crippen LogP contribution < -0.4 is 20.1 Å². The molecule has 148 valence electrons. The molecule has 2 N–H and O–H groups in total. The van der Waals surface area contributed by atoms with E-state index >= 15 is 0 Å². The number of carbonyl (C=O) groups excluding carboxylic acids is 2. The molecule has 0 radical (unpaired) electrons. The monoisotopic (exact) mass is 390 g/mol. The highest BCUT2D eigenvalue weighted by Gasteiger charge is 2.20. The fraction of sp³-hybridized carbons (Fsp3) is 0.217. The summed E-state index contributed by atoms with van der Waals surface area (Å²) in [4.78, 5) is 24.5. The van der Waals surface area contributed by atoms with Crippen LogP contribution in [0.4, 0.5) is 5.69 Å². The lowest BCUT2D eigenvalue weighted by Gasteiger charge is -2.17. The molecule has 0 saturated heterocycles. The molecule has 3 aromatic carbocycles. The molecule has 0 aliphatic carbocycles. The van der Waals surface area contributed by atoms with E-state index in [1.54, 1.807) is 12.1 Å². The standard InChI is InChI=1S/C23H22N2O4/c1-14(17-9-5-7-16-6-3-4-8-18(16)17)24-12-23(27)25-20-11-22-21(28-13-29-22)10-19(20)15(2)26/h3-11,14,24H,12-13H2,1-2H3,(H,25,27)/t14-/m0/s1. The SMILES string of the molecule is CC(=O)c1cc2c(cc1NC(=O)CN[C@@H](C)c1cccc3ccccc13)OCO2. The minimum Gasteiger partial charge on any atom is -0.454 e. The maximum Gasteiger partial charge on any atom is 0.238 e. The Labute approximate surface area is 168 Å². The molecule has 0 saturated carbocycles. The third-order valence-corrected chi connectivity index (χ3v) is 5.02. The quantitative estimate of drug-likeness (QED) is 0.621. The lowest BCUT2D eigenvalue weighted by Crippen LogP contribution is -2.30. The van der Waals surface area contributed by atoms with E-state index in [4.69, 9.17) is 9.47 Å². The fourth-order valence-corrected chi connectivity index (χ4v) is 3.51. The summed E-state index contributed by atoms with van der Waals surface area (Å²) in [6.07, 6.45) is 0. The van der Waals surface area contributed by atoms with Gasteiger partial charge in [-0.05, 0) is 36.2 Å². The zero-order chi connectivity index (χ0) is 20.4. The first-order valence-corrected chi connectivity index (χ1v) is 9.48. The molecule has 1 amide bonds. The minimum absolute atomic E-state index is 0.0177. The van der Waals surface area contributed by atoms with Crippen molar-refractivity contribution < 1.29 is 19.1 Å². The second-order valence-electron chi connectivity index (χ2n) is 7.03. The van der Waals surface area contributed by atoms with Crippen LogP contribution in [-0.4, -0.2) is 25.0 Å². The highest BCUT2D eigenvalue weighted by atomic mass is 16.7. The Bertz CT molecular complexity index is 1090. The smallest absolute Gasteiger partial charge is 0.238 e. The normalized spacial score (nSPS) is 13.3. The van der Waals surface area contributed by atoms with Gasteiger partial charge in [-0.15, -0.1) is 0 Å². The van der Waals surface area contributed by atoms with Gasteiger partial charge in [0.15, 0.2) is 17.3 Å². The first-order valence-electron chi connectivity index (χ1n) is 9.48. The number of Topliss-reactive ketones (excluding diaryl/α,β-unsaturated/α-hetero) is 1. The number of fused-ring (bicyclic) bond motifs is 2. The molecule has 0 aromatic heterocycles. The van der Waals surface area contributed by atoms with Gasteiger partial charge in [0.1, 0.15) is 0 Å². The predicted octanol–water partition coefficient (Wildman–Crippen LogP) is 4.06. The number of nitrogens with one attached hydrogen (secondary N) is 2. The van der Waals surface area contributed by atoms with E-state index in [2.05, 4.69) is 34.9 Å². The van der Waals surface area contributed by atoms with Crippen molar-refractivity contribution in [3.8, 4) is 11.5 Å². The van der Waals surface area contributed by atoms with Gasteiger partial charge in [-0.2, -0.15) is 0 Å². The third-order valence-electron chi connectivity index (χ3n) is 5.02. The summed E-state index contributed by atoms with van der Waals surface area (Å²) in [7, 11) is 0. The molecule has 0 bridgehead atoms. The van der Waals surface area contributed by atoms with Gasteiger partial charge in [0.2, 0.25) is 12.7 Å². The minimum atomic E-state index is -0.238. The highest BCUT2D eigenvalue weighted by Crippen LogP contribution is 2.37. The van der Waals surface area contributed by atoms with Crippen LogP contribution in [0.25, 0.3) is 10.8 Å².